The number of aromatic nitrogens is 3. The van der Waals surface area contributed by atoms with Crippen molar-refractivity contribution in [3.63, 3.8) is 0 Å². The molecule has 0 bridgehead atoms. The van der Waals surface area contributed by atoms with Gasteiger partial charge in [0.25, 0.3) is 0 Å². The molecule has 0 amide bonds. The van der Waals surface area contributed by atoms with Crippen LogP contribution in [0, 0.1) is 17.9 Å². The first-order valence-corrected chi connectivity index (χ1v) is 16.2. The molecule has 0 aliphatic heterocycles. The van der Waals surface area contributed by atoms with Gasteiger partial charge < -0.3 is 13.7 Å². The Morgan fingerprint density at radius 3 is 1.43 bits per heavy atom. The van der Waals surface area contributed by atoms with Crippen LogP contribution in [0.1, 0.15) is 5.56 Å². The molecule has 0 unspecified atom stereocenters. The fourth-order valence-corrected chi connectivity index (χ4v) is 7.76. The van der Waals surface area contributed by atoms with Gasteiger partial charge in [-0.3, -0.25) is 0 Å². The molecule has 3 heterocycles. The Balaban J connectivity index is 1.29. The zero-order valence-corrected chi connectivity index (χ0v) is 26.2. The van der Waals surface area contributed by atoms with Gasteiger partial charge in [0.2, 0.25) is 0 Å². The van der Waals surface area contributed by atoms with E-state index >= 15 is 0 Å². The Hall–Kier alpha value is -7.08. The van der Waals surface area contributed by atoms with Crippen molar-refractivity contribution in [2.24, 2.45) is 0 Å². The summed E-state index contributed by atoms with van der Waals surface area (Å²) in [5.74, 6) is 0. The molecule has 10 aromatic rings. The first-order valence-electron chi connectivity index (χ1n) is 16.2. The van der Waals surface area contributed by atoms with Crippen LogP contribution in [0.3, 0.4) is 0 Å². The molecule has 5 nitrogen and oxygen atoms in total. The molecule has 0 N–H and O–H groups in total. The molecular weight excluding hydrogens is 599 g/mol. The third kappa shape index (κ3) is 3.85. The van der Waals surface area contributed by atoms with Crippen molar-refractivity contribution in [1.29, 1.82) is 5.26 Å². The highest BCUT2D eigenvalue weighted by Gasteiger charge is 2.19. The molecule has 49 heavy (non-hydrogen) atoms. The zero-order chi connectivity index (χ0) is 32.6. The summed E-state index contributed by atoms with van der Waals surface area (Å²) in [4.78, 5) is 3.71. The minimum Gasteiger partial charge on any atom is -0.309 e. The number of benzene rings is 7. The van der Waals surface area contributed by atoms with Crippen molar-refractivity contribution in [2.45, 2.75) is 0 Å². The highest BCUT2D eigenvalue weighted by Crippen LogP contribution is 2.40. The lowest BCUT2D eigenvalue weighted by atomic mass is 10.1. The summed E-state index contributed by atoms with van der Waals surface area (Å²) in [6.07, 6.45) is 0. The van der Waals surface area contributed by atoms with E-state index in [0.29, 0.717) is 11.3 Å². The molecule has 0 radical (unpaired) electrons. The van der Waals surface area contributed by atoms with Crippen molar-refractivity contribution < 1.29 is 0 Å². The summed E-state index contributed by atoms with van der Waals surface area (Å²) in [7, 11) is 0. The Morgan fingerprint density at radius 1 is 0.408 bits per heavy atom. The molecule has 0 aliphatic carbocycles. The summed E-state index contributed by atoms with van der Waals surface area (Å²) < 4.78 is 6.97. The maximum atomic E-state index is 9.67. The van der Waals surface area contributed by atoms with Crippen molar-refractivity contribution in [3.8, 4) is 23.1 Å². The lowest BCUT2D eigenvalue weighted by molar-refractivity contribution is 1.16. The van der Waals surface area contributed by atoms with E-state index in [4.69, 9.17) is 6.57 Å². The third-order valence-corrected chi connectivity index (χ3v) is 9.85. The molecule has 0 aliphatic rings. The molecule has 0 spiro atoms. The minimum absolute atomic E-state index is 0.637. The van der Waals surface area contributed by atoms with Crippen molar-refractivity contribution in [2.75, 3.05) is 0 Å². The van der Waals surface area contributed by atoms with Gasteiger partial charge in [-0.15, -0.1) is 0 Å². The van der Waals surface area contributed by atoms with E-state index in [1.165, 1.54) is 0 Å². The molecule has 0 saturated heterocycles. The lowest BCUT2D eigenvalue weighted by Crippen LogP contribution is -1.96. The summed E-state index contributed by atoms with van der Waals surface area (Å²) in [6.45, 7) is 7.62. The highest BCUT2D eigenvalue weighted by atomic mass is 15.0. The quantitative estimate of drug-likeness (QED) is 0.181. The summed E-state index contributed by atoms with van der Waals surface area (Å²) >= 11 is 0. The lowest BCUT2D eigenvalue weighted by Gasteiger charge is -2.10. The standard InChI is InChI=1S/C44H25N5/c1-46-29-16-20-42-36(24-29)34-12-6-8-14-40(34)49(42)32-18-22-44-38(26-32)37-25-31(17-21-43(37)47(44)30-9-3-2-4-10-30)48-39-13-7-5-11-33(39)35-23-28(27-45)15-19-41(35)48/h2-26H. The van der Waals surface area contributed by atoms with E-state index in [2.05, 4.69) is 152 Å². The van der Waals surface area contributed by atoms with Crippen LogP contribution in [0.2, 0.25) is 0 Å². The SMILES string of the molecule is [C-]#[N+]c1ccc2c(c1)c1ccccc1n2-c1ccc2c(c1)c1cc(-n3c4ccccc4c4cc(C#N)ccc43)ccc1n2-c1ccccc1. The largest absolute Gasteiger partial charge is 0.309 e. The highest BCUT2D eigenvalue weighted by molar-refractivity contribution is 6.14. The molecular formula is C44H25N5. The first kappa shape index (κ1) is 27.1. The van der Waals surface area contributed by atoms with Gasteiger partial charge in [0.1, 0.15) is 0 Å². The van der Waals surface area contributed by atoms with Crippen LogP contribution in [0.25, 0.3) is 87.3 Å². The molecule has 0 atom stereocenters. The van der Waals surface area contributed by atoms with E-state index in [1.807, 2.05) is 24.3 Å². The number of hydrogen-bond donors (Lipinski definition) is 0. The maximum Gasteiger partial charge on any atom is 0.188 e. The van der Waals surface area contributed by atoms with Crippen molar-refractivity contribution >= 4 is 71.1 Å². The van der Waals surface area contributed by atoms with E-state index in [9.17, 15) is 5.26 Å². The van der Waals surface area contributed by atoms with Gasteiger partial charge in [-0.25, -0.2) is 4.85 Å². The molecule has 5 heteroatoms. The fourth-order valence-electron chi connectivity index (χ4n) is 7.76. The Labute approximate surface area is 281 Å². The molecule has 226 valence electrons. The number of para-hydroxylation sites is 3. The van der Waals surface area contributed by atoms with E-state index < -0.39 is 0 Å². The number of nitrogens with zero attached hydrogens (tertiary/aromatic N) is 5. The minimum atomic E-state index is 0.637. The summed E-state index contributed by atoms with van der Waals surface area (Å²) in [6, 6.07) is 55.1. The van der Waals surface area contributed by atoms with Gasteiger partial charge in [-0.2, -0.15) is 5.26 Å². The van der Waals surface area contributed by atoms with Crippen LogP contribution in [0.4, 0.5) is 5.69 Å². The maximum absolute atomic E-state index is 9.67. The normalized spacial score (nSPS) is 11.6. The average Bonchev–Trinajstić information content (AvgIpc) is 3.79. The Morgan fingerprint density at radius 2 is 0.857 bits per heavy atom. The van der Waals surface area contributed by atoms with Gasteiger partial charge >= 0.3 is 0 Å². The van der Waals surface area contributed by atoms with Crippen LogP contribution < -0.4 is 0 Å². The summed E-state index contributed by atoms with van der Waals surface area (Å²) in [5, 5.41) is 16.4. The number of hydrogen-bond acceptors (Lipinski definition) is 1. The van der Waals surface area contributed by atoms with Crippen LogP contribution in [0.5, 0.6) is 0 Å². The Bertz CT molecular complexity index is 2880. The van der Waals surface area contributed by atoms with Gasteiger partial charge in [-0.1, -0.05) is 60.7 Å². The predicted molar refractivity (Wildman–Crippen MR) is 200 cm³/mol. The monoisotopic (exact) mass is 623 g/mol. The molecule has 0 saturated carbocycles. The Kier molecular flexibility index (Phi) is 5.64. The van der Waals surface area contributed by atoms with E-state index in [0.717, 1.165) is 82.5 Å². The topological polar surface area (TPSA) is 42.9 Å². The second-order valence-electron chi connectivity index (χ2n) is 12.4. The van der Waals surface area contributed by atoms with Gasteiger partial charge in [-0.05, 0) is 96.4 Å². The van der Waals surface area contributed by atoms with Gasteiger partial charge in [0.15, 0.2) is 5.69 Å². The predicted octanol–water partition coefficient (Wildman–Crippen LogP) is 11.4. The van der Waals surface area contributed by atoms with Crippen LogP contribution in [0.15, 0.2) is 152 Å². The van der Waals surface area contributed by atoms with Crippen molar-refractivity contribution in [1.82, 2.24) is 13.7 Å². The summed E-state index contributed by atoms with van der Waals surface area (Å²) in [5.41, 5.74) is 11.1. The number of fused-ring (bicyclic) bond motifs is 9. The molecule has 10 rings (SSSR count). The molecule has 3 aromatic heterocycles. The second kappa shape index (κ2) is 10.2. The van der Waals surface area contributed by atoms with E-state index in [1.54, 1.807) is 0 Å². The van der Waals surface area contributed by atoms with Gasteiger partial charge in [0.05, 0.1) is 51.3 Å². The van der Waals surface area contributed by atoms with Crippen LogP contribution >= 0.6 is 0 Å². The molecule has 7 aromatic carbocycles. The number of rotatable bonds is 3. The first-order chi connectivity index (χ1) is 24.2. The van der Waals surface area contributed by atoms with Crippen LogP contribution in [-0.4, -0.2) is 13.7 Å². The average molecular weight is 624 g/mol. The van der Waals surface area contributed by atoms with Crippen molar-refractivity contribution in [3.05, 3.63) is 169 Å². The smallest absolute Gasteiger partial charge is 0.188 e. The van der Waals surface area contributed by atoms with Crippen LogP contribution in [-0.2, 0) is 0 Å². The van der Waals surface area contributed by atoms with Gasteiger partial charge in [0, 0.05) is 44.0 Å². The van der Waals surface area contributed by atoms with E-state index in [-0.39, 0.29) is 0 Å². The number of nitriles is 1. The third-order valence-electron chi connectivity index (χ3n) is 9.85. The molecule has 0 fully saturated rings. The fraction of sp³-hybridized carbons (Fsp3) is 0. The zero-order valence-electron chi connectivity index (χ0n) is 26.2. The second-order valence-corrected chi connectivity index (χ2v) is 12.4.